The molecule has 1 aliphatic rings. The molecule has 0 saturated heterocycles. The van der Waals surface area contributed by atoms with Gasteiger partial charge in [0, 0.05) is 6.20 Å². The van der Waals surface area contributed by atoms with E-state index in [1.54, 1.807) is 6.20 Å². The Balaban J connectivity index is 2.12. The fraction of sp³-hybridized carbons (Fsp3) is 0.778. The molecule has 1 aliphatic carbocycles. The Morgan fingerprint density at radius 2 is 2.25 bits per heavy atom. The van der Waals surface area contributed by atoms with Crippen LogP contribution in [0.15, 0.2) is 12.4 Å². The summed E-state index contributed by atoms with van der Waals surface area (Å²) in [5.74, 6) is 0.747. The van der Waals surface area contributed by atoms with Crippen molar-refractivity contribution in [1.29, 1.82) is 0 Å². The van der Waals surface area contributed by atoms with Gasteiger partial charge in [-0.25, -0.2) is 4.68 Å². The standard InChI is InChI=1S/C9H15N3/c1-8(2)7-9(3-4-9)12-6-5-10-11-12/h5-6,8H,3-4,7H2,1-2H3. The molecule has 2 rings (SSSR count). The lowest BCUT2D eigenvalue weighted by Crippen LogP contribution is -2.19. The maximum absolute atomic E-state index is 4.07. The largest absolute Gasteiger partial charge is 0.246 e. The van der Waals surface area contributed by atoms with E-state index in [0.29, 0.717) is 5.54 Å². The first-order chi connectivity index (χ1) is 5.73. The minimum Gasteiger partial charge on any atom is -0.246 e. The molecule has 1 fully saturated rings. The van der Waals surface area contributed by atoms with Crippen LogP contribution in [0.5, 0.6) is 0 Å². The fourth-order valence-corrected chi connectivity index (χ4v) is 1.89. The second kappa shape index (κ2) is 2.57. The maximum Gasteiger partial charge on any atom is 0.0693 e. The van der Waals surface area contributed by atoms with Gasteiger partial charge in [-0.1, -0.05) is 19.1 Å². The Labute approximate surface area is 72.8 Å². The topological polar surface area (TPSA) is 30.7 Å². The van der Waals surface area contributed by atoms with Crippen molar-refractivity contribution in [1.82, 2.24) is 15.0 Å². The first kappa shape index (κ1) is 7.77. The Kier molecular flexibility index (Phi) is 1.67. The molecule has 0 amide bonds. The van der Waals surface area contributed by atoms with Crippen molar-refractivity contribution in [3.63, 3.8) is 0 Å². The summed E-state index contributed by atoms with van der Waals surface area (Å²) in [5, 5.41) is 7.92. The van der Waals surface area contributed by atoms with Crippen LogP contribution in [0.4, 0.5) is 0 Å². The van der Waals surface area contributed by atoms with Crippen LogP contribution in [0, 0.1) is 5.92 Å². The fourth-order valence-electron chi connectivity index (χ4n) is 1.89. The molecule has 1 aromatic rings. The Hall–Kier alpha value is -0.860. The van der Waals surface area contributed by atoms with Crippen LogP contribution >= 0.6 is 0 Å². The summed E-state index contributed by atoms with van der Waals surface area (Å²) in [6.45, 7) is 4.52. The Morgan fingerprint density at radius 1 is 1.50 bits per heavy atom. The van der Waals surface area contributed by atoms with E-state index in [1.165, 1.54) is 19.3 Å². The van der Waals surface area contributed by atoms with Gasteiger partial charge in [0.1, 0.15) is 0 Å². The van der Waals surface area contributed by atoms with E-state index in [4.69, 9.17) is 0 Å². The second-order valence-corrected chi connectivity index (χ2v) is 4.17. The summed E-state index contributed by atoms with van der Waals surface area (Å²) in [5.41, 5.74) is 0.338. The highest BCUT2D eigenvalue weighted by Crippen LogP contribution is 2.47. The molecule has 3 heteroatoms. The Bertz CT molecular complexity index is 247. The summed E-state index contributed by atoms with van der Waals surface area (Å²) in [7, 11) is 0. The van der Waals surface area contributed by atoms with Gasteiger partial charge in [0.2, 0.25) is 0 Å². The minimum atomic E-state index is 0.338. The van der Waals surface area contributed by atoms with Crippen LogP contribution < -0.4 is 0 Å². The highest BCUT2D eigenvalue weighted by Gasteiger charge is 2.45. The third kappa shape index (κ3) is 1.24. The molecule has 66 valence electrons. The molecule has 0 spiro atoms. The van der Waals surface area contributed by atoms with Gasteiger partial charge in [0.15, 0.2) is 0 Å². The molecule has 0 aliphatic heterocycles. The van der Waals surface area contributed by atoms with Crippen molar-refractivity contribution < 1.29 is 0 Å². The molecule has 0 unspecified atom stereocenters. The zero-order chi connectivity index (χ0) is 8.60. The smallest absolute Gasteiger partial charge is 0.0693 e. The van der Waals surface area contributed by atoms with Crippen molar-refractivity contribution in [2.24, 2.45) is 5.92 Å². The van der Waals surface area contributed by atoms with Crippen molar-refractivity contribution in [3.8, 4) is 0 Å². The zero-order valence-corrected chi connectivity index (χ0v) is 7.70. The average molecular weight is 165 g/mol. The lowest BCUT2D eigenvalue weighted by atomic mass is 10.0. The number of hydrogen-bond acceptors (Lipinski definition) is 2. The van der Waals surface area contributed by atoms with Gasteiger partial charge in [-0.05, 0) is 25.2 Å². The van der Waals surface area contributed by atoms with Gasteiger partial charge in [-0.3, -0.25) is 0 Å². The molecule has 0 aromatic carbocycles. The van der Waals surface area contributed by atoms with Crippen LogP contribution in [0.1, 0.15) is 33.1 Å². The van der Waals surface area contributed by atoms with E-state index in [9.17, 15) is 0 Å². The summed E-state index contributed by atoms with van der Waals surface area (Å²) in [6.07, 6.45) is 7.52. The highest BCUT2D eigenvalue weighted by molar-refractivity contribution is 4.99. The third-order valence-corrected chi connectivity index (χ3v) is 2.52. The molecule has 1 aromatic heterocycles. The zero-order valence-electron chi connectivity index (χ0n) is 7.70. The minimum absolute atomic E-state index is 0.338. The van der Waals surface area contributed by atoms with Gasteiger partial charge in [0.05, 0.1) is 11.7 Å². The molecular weight excluding hydrogens is 150 g/mol. The molecule has 12 heavy (non-hydrogen) atoms. The summed E-state index contributed by atoms with van der Waals surface area (Å²) < 4.78 is 2.03. The number of nitrogens with zero attached hydrogens (tertiary/aromatic N) is 3. The quantitative estimate of drug-likeness (QED) is 0.684. The van der Waals surface area contributed by atoms with Crippen LogP contribution in [0.3, 0.4) is 0 Å². The third-order valence-electron chi connectivity index (χ3n) is 2.52. The van der Waals surface area contributed by atoms with E-state index >= 15 is 0 Å². The first-order valence-corrected chi connectivity index (χ1v) is 4.60. The number of aromatic nitrogens is 3. The van der Waals surface area contributed by atoms with Crippen LogP contribution in [-0.2, 0) is 5.54 Å². The molecule has 3 nitrogen and oxygen atoms in total. The Morgan fingerprint density at radius 3 is 2.67 bits per heavy atom. The SMILES string of the molecule is CC(C)CC1(n2ccnn2)CC1. The van der Waals surface area contributed by atoms with Gasteiger partial charge in [-0.15, -0.1) is 5.10 Å². The van der Waals surface area contributed by atoms with Crippen molar-refractivity contribution in [2.45, 2.75) is 38.6 Å². The van der Waals surface area contributed by atoms with Gasteiger partial charge >= 0.3 is 0 Å². The molecule has 0 bridgehead atoms. The second-order valence-electron chi connectivity index (χ2n) is 4.17. The van der Waals surface area contributed by atoms with Crippen LogP contribution in [-0.4, -0.2) is 15.0 Å². The molecular formula is C9H15N3. The molecule has 1 saturated carbocycles. The average Bonchev–Trinajstić information content (AvgIpc) is 2.61. The van der Waals surface area contributed by atoms with E-state index < -0.39 is 0 Å². The highest BCUT2D eigenvalue weighted by atomic mass is 15.5. The maximum atomic E-state index is 4.07. The van der Waals surface area contributed by atoms with Crippen LogP contribution in [0.25, 0.3) is 0 Å². The number of hydrogen-bond donors (Lipinski definition) is 0. The van der Waals surface area contributed by atoms with Crippen molar-refractivity contribution >= 4 is 0 Å². The summed E-state index contributed by atoms with van der Waals surface area (Å²) in [4.78, 5) is 0. The van der Waals surface area contributed by atoms with E-state index in [-0.39, 0.29) is 0 Å². The monoisotopic (exact) mass is 165 g/mol. The van der Waals surface area contributed by atoms with Gasteiger partial charge in [-0.2, -0.15) is 0 Å². The predicted molar refractivity (Wildman–Crippen MR) is 46.7 cm³/mol. The molecule has 0 N–H and O–H groups in total. The van der Waals surface area contributed by atoms with Crippen molar-refractivity contribution in [3.05, 3.63) is 12.4 Å². The van der Waals surface area contributed by atoms with E-state index in [2.05, 4.69) is 24.2 Å². The predicted octanol–water partition coefficient (Wildman–Crippen LogP) is 1.81. The van der Waals surface area contributed by atoms with Crippen LogP contribution in [0.2, 0.25) is 0 Å². The van der Waals surface area contributed by atoms with Crippen molar-refractivity contribution in [2.75, 3.05) is 0 Å². The molecule has 1 heterocycles. The number of rotatable bonds is 3. The van der Waals surface area contributed by atoms with E-state index in [1.807, 2.05) is 10.9 Å². The lowest BCUT2D eigenvalue weighted by Gasteiger charge is -2.16. The molecule has 0 radical (unpaired) electrons. The lowest BCUT2D eigenvalue weighted by molar-refractivity contribution is 0.342. The van der Waals surface area contributed by atoms with E-state index in [0.717, 1.165) is 5.92 Å². The van der Waals surface area contributed by atoms with Gasteiger partial charge < -0.3 is 0 Å². The first-order valence-electron chi connectivity index (χ1n) is 4.60. The normalized spacial score (nSPS) is 19.9. The molecule has 0 atom stereocenters. The summed E-state index contributed by atoms with van der Waals surface area (Å²) >= 11 is 0. The summed E-state index contributed by atoms with van der Waals surface area (Å²) in [6, 6.07) is 0. The van der Waals surface area contributed by atoms with Gasteiger partial charge in [0.25, 0.3) is 0 Å².